The quantitative estimate of drug-likeness (QED) is 0.842. The summed E-state index contributed by atoms with van der Waals surface area (Å²) in [6.07, 6.45) is 5.60. The van der Waals surface area contributed by atoms with Gasteiger partial charge in [0.25, 0.3) is 5.91 Å². The first-order valence-electron chi connectivity index (χ1n) is 6.89. The highest BCUT2D eigenvalue weighted by atomic mass is 35.5. The lowest BCUT2D eigenvalue weighted by molar-refractivity contribution is 0.0737. The van der Waals surface area contributed by atoms with Gasteiger partial charge in [0.2, 0.25) is 0 Å². The zero-order valence-corrected chi connectivity index (χ0v) is 12.9. The maximum Gasteiger partial charge on any atom is 0.270 e. The van der Waals surface area contributed by atoms with Crippen molar-refractivity contribution in [2.45, 2.75) is 0 Å². The highest BCUT2D eigenvalue weighted by Gasteiger charge is 2.24. The molecule has 21 heavy (non-hydrogen) atoms. The van der Waals surface area contributed by atoms with E-state index in [0.717, 1.165) is 18.8 Å². The van der Waals surface area contributed by atoms with E-state index in [9.17, 15) is 4.79 Å². The number of aromatic nitrogens is 3. The Hall–Kier alpha value is -1.95. The zero-order chi connectivity index (χ0) is 15.0. The lowest BCUT2D eigenvalue weighted by Crippen LogP contribution is -2.49. The standard InChI is InChI=1S/C14H18ClN5O/c1-17-9-11(15)7-13(17)14(21)20-5-3-19(4-6-20)12-8-16-18(2)10-12/h7-10H,3-6H2,1-2H3. The molecule has 3 rings (SSSR count). The molecule has 1 saturated heterocycles. The number of halogens is 1. The number of amides is 1. The molecule has 1 amide bonds. The van der Waals surface area contributed by atoms with E-state index in [1.54, 1.807) is 21.5 Å². The molecule has 7 heteroatoms. The van der Waals surface area contributed by atoms with Crippen LogP contribution >= 0.6 is 11.6 Å². The summed E-state index contributed by atoms with van der Waals surface area (Å²) in [6.45, 7) is 3.04. The van der Waals surface area contributed by atoms with Gasteiger partial charge in [-0.05, 0) is 6.07 Å². The number of piperazine rings is 1. The van der Waals surface area contributed by atoms with Crippen molar-refractivity contribution in [3.05, 3.63) is 35.4 Å². The summed E-state index contributed by atoms with van der Waals surface area (Å²) in [6, 6.07) is 1.72. The highest BCUT2D eigenvalue weighted by Crippen LogP contribution is 2.18. The largest absolute Gasteiger partial charge is 0.365 e. The SMILES string of the molecule is Cn1cc(N2CCN(C(=O)c3cc(Cl)cn3C)CC2)cn1. The van der Waals surface area contributed by atoms with E-state index in [0.29, 0.717) is 23.8 Å². The molecule has 1 aliphatic rings. The molecule has 0 atom stereocenters. The van der Waals surface area contributed by atoms with Crippen molar-refractivity contribution in [1.29, 1.82) is 0 Å². The van der Waals surface area contributed by atoms with E-state index in [1.807, 2.05) is 31.4 Å². The fraction of sp³-hybridized carbons (Fsp3) is 0.429. The topological polar surface area (TPSA) is 46.3 Å². The number of carbonyl (C=O) groups excluding carboxylic acids is 1. The van der Waals surface area contributed by atoms with Gasteiger partial charge in [-0.2, -0.15) is 5.10 Å². The lowest BCUT2D eigenvalue weighted by atomic mass is 10.2. The van der Waals surface area contributed by atoms with Crippen molar-refractivity contribution < 1.29 is 4.79 Å². The van der Waals surface area contributed by atoms with E-state index in [2.05, 4.69) is 10.00 Å². The monoisotopic (exact) mass is 307 g/mol. The molecule has 0 N–H and O–H groups in total. The van der Waals surface area contributed by atoms with Gasteiger partial charge in [-0.3, -0.25) is 9.48 Å². The molecule has 0 saturated carbocycles. The zero-order valence-electron chi connectivity index (χ0n) is 12.2. The maximum absolute atomic E-state index is 12.5. The summed E-state index contributed by atoms with van der Waals surface area (Å²) < 4.78 is 3.57. The van der Waals surface area contributed by atoms with Crippen molar-refractivity contribution in [3.8, 4) is 0 Å². The van der Waals surface area contributed by atoms with Crippen molar-refractivity contribution in [1.82, 2.24) is 19.2 Å². The Labute approximate surface area is 128 Å². The van der Waals surface area contributed by atoms with Crippen LogP contribution in [0.15, 0.2) is 24.7 Å². The molecule has 0 unspecified atom stereocenters. The number of anilines is 1. The van der Waals surface area contributed by atoms with Crippen molar-refractivity contribution in [2.24, 2.45) is 14.1 Å². The summed E-state index contributed by atoms with van der Waals surface area (Å²) in [7, 11) is 3.74. The van der Waals surface area contributed by atoms with E-state index in [-0.39, 0.29) is 5.91 Å². The fourth-order valence-corrected chi connectivity index (χ4v) is 2.89. The van der Waals surface area contributed by atoms with Gasteiger partial charge in [0.15, 0.2) is 0 Å². The molecule has 0 bridgehead atoms. The Morgan fingerprint density at radius 3 is 2.43 bits per heavy atom. The molecule has 6 nitrogen and oxygen atoms in total. The van der Waals surface area contributed by atoms with Crippen molar-refractivity contribution >= 4 is 23.2 Å². The lowest BCUT2D eigenvalue weighted by Gasteiger charge is -2.35. The first-order chi connectivity index (χ1) is 10.0. The number of carbonyl (C=O) groups is 1. The molecule has 2 aromatic rings. The van der Waals surface area contributed by atoms with E-state index >= 15 is 0 Å². The molecule has 0 aromatic carbocycles. The van der Waals surface area contributed by atoms with Crippen LogP contribution in [0.4, 0.5) is 5.69 Å². The Bertz CT molecular complexity index is 654. The number of nitrogens with zero attached hydrogens (tertiary/aromatic N) is 5. The third kappa shape index (κ3) is 2.76. The van der Waals surface area contributed by atoms with E-state index < -0.39 is 0 Å². The Kier molecular flexibility index (Phi) is 3.63. The van der Waals surface area contributed by atoms with Gasteiger partial charge in [-0.25, -0.2) is 0 Å². The van der Waals surface area contributed by atoms with Crippen LogP contribution in [-0.4, -0.2) is 51.3 Å². The second-order valence-corrected chi connectivity index (χ2v) is 5.74. The average Bonchev–Trinajstić information content (AvgIpc) is 3.04. The molecule has 112 valence electrons. The van der Waals surface area contributed by atoms with Crippen LogP contribution in [0, 0.1) is 0 Å². The van der Waals surface area contributed by atoms with Crippen LogP contribution in [-0.2, 0) is 14.1 Å². The Morgan fingerprint density at radius 2 is 1.90 bits per heavy atom. The van der Waals surface area contributed by atoms with Gasteiger partial charge in [0.05, 0.1) is 16.9 Å². The predicted octanol–water partition coefficient (Wildman–Crippen LogP) is 1.37. The molecule has 3 heterocycles. The van der Waals surface area contributed by atoms with Crippen LogP contribution in [0.2, 0.25) is 5.02 Å². The minimum atomic E-state index is 0.0373. The Morgan fingerprint density at radius 1 is 1.19 bits per heavy atom. The van der Waals surface area contributed by atoms with Crippen LogP contribution < -0.4 is 4.90 Å². The van der Waals surface area contributed by atoms with Gasteiger partial charge in [0.1, 0.15) is 5.69 Å². The predicted molar refractivity (Wildman–Crippen MR) is 81.7 cm³/mol. The van der Waals surface area contributed by atoms with Crippen molar-refractivity contribution in [3.63, 3.8) is 0 Å². The summed E-state index contributed by atoms with van der Waals surface area (Å²) in [5.41, 5.74) is 1.74. The van der Waals surface area contributed by atoms with Gasteiger partial charge < -0.3 is 14.4 Å². The summed E-state index contributed by atoms with van der Waals surface area (Å²) >= 11 is 5.95. The van der Waals surface area contributed by atoms with Gasteiger partial charge in [-0.15, -0.1) is 0 Å². The van der Waals surface area contributed by atoms with E-state index in [1.165, 1.54) is 0 Å². The third-order valence-corrected chi connectivity index (χ3v) is 4.02. The molecule has 1 aliphatic heterocycles. The first kappa shape index (κ1) is 14.0. The average molecular weight is 308 g/mol. The van der Waals surface area contributed by atoms with Gasteiger partial charge in [-0.1, -0.05) is 11.6 Å². The molecule has 0 radical (unpaired) electrons. The molecule has 0 aliphatic carbocycles. The number of rotatable bonds is 2. The van der Waals surface area contributed by atoms with Crippen LogP contribution in [0.25, 0.3) is 0 Å². The van der Waals surface area contributed by atoms with Crippen molar-refractivity contribution in [2.75, 3.05) is 31.1 Å². The number of hydrogen-bond donors (Lipinski definition) is 0. The fourth-order valence-electron chi connectivity index (χ4n) is 2.64. The number of aryl methyl sites for hydroxylation is 2. The highest BCUT2D eigenvalue weighted by molar-refractivity contribution is 6.31. The summed E-state index contributed by atoms with van der Waals surface area (Å²) in [5, 5.41) is 4.78. The van der Waals surface area contributed by atoms with Gasteiger partial charge >= 0.3 is 0 Å². The third-order valence-electron chi connectivity index (χ3n) is 3.81. The van der Waals surface area contributed by atoms with Crippen LogP contribution in [0.3, 0.4) is 0 Å². The molecule has 2 aromatic heterocycles. The van der Waals surface area contributed by atoms with Gasteiger partial charge in [0, 0.05) is 52.7 Å². The molecular formula is C14H18ClN5O. The number of hydrogen-bond acceptors (Lipinski definition) is 3. The minimum absolute atomic E-state index is 0.0373. The second-order valence-electron chi connectivity index (χ2n) is 5.31. The Balaban J connectivity index is 1.65. The summed E-state index contributed by atoms with van der Waals surface area (Å²) in [5.74, 6) is 0.0373. The molecule has 0 spiro atoms. The van der Waals surface area contributed by atoms with Crippen LogP contribution in [0.1, 0.15) is 10.5 Å². The maximum atomic E-state index is 12.5. The first-order valence-corrected chi connectivity index (χ1v) is 7.27. The molecule has 1 fully saturated rings. The summed E-state index contributed by atoms with van der Waals surface area (Å²) in [4.78, 5) is 16.6. The second kappa shape index (κ2) is 5.44. The normalized spacial score (nSPS) is 15.6. The van der Waals surface area contributed by atoms with Crippen LogP contribution in [0.5, 0.6) is 0 Å². The molecular weight excluding hydrogens is 290 g/mol. The smallest absolute Gasteiger partial charge is 0.270 e. The van der Waals surface area contributed by atoms with E-state index in [4.69, 9.17) is 11.6 Å². The minimum Gasteiger partial charge on any atom is -0.365 e.